The van der Waals surface area contributed by atoms with Crippen LogP contribution in [0.1, 0.15) is 17.9 Å². The molecular weight excluding hydrogens is 204 g/mol. The Morgan fingerprint density at radius 2 is 2.25 bits per heavy atom. The number of hydrogen-bond acceptors (Lipinski definition) is 2. The van der Waals surface area contributed by atoms with E-state index in [0.29, 0.717) is 6.54 Å². The molecule has 4 heteroatoms. The zero-order chi connectivity index (χ0) is 11.5. The molecule has 1 unspecified atom stereocenters. The van der Waals surface area contributed by atoms with E-state index in [4.69, 9.17) is 10.8 Å². The van der Waals surface area contributed by atoms with Gasteiger partial charge in [0.1, 0.15) is 0 Å². The largest absolute Gasteiger partial charge is 0.481 e. The second kappa shape index (κ2) is 4.37. The monoisotopic (exact) mass is 218 g/mol. The minimum Gasteiger partial charge on any atom is -0.481 e. The second-order valence-corrected chi connectivity index (χ2v) is 3.85. The molecule has 0 aliphatic carbocycles. The van der Waals surface area contributed by atoms with Gasteiger partial charge in [-0.2, -0.15) is 0 Å². The summed E-state index contributed by atoms with van der Waals surface area (Å²) in [4.78, 5) is 13.8. The molecule has 1 aromatic carbocycles. The van der Waals surface area contributed by atoms with Gasteiger partial charge in [0.15, 0.2) is 0 Å². The number of nitrogens with one attached hydrogen (secondary N) is 1. The maximum Gasteiger partial charge on any atom is 0.304 e. The van der Waals surface area contributed by atoms with Gasteiger partial charge < -0.3 is 15.8 Å². The number of aromatic amines is 1. The van der Waals surface area contributed by atoms with Crippen LogP contribution in [0.4, 0.5) is 0 Å². The molecule has 0 fully saturated rings. The molecule has 2 aromatic rings. The molecule has 16 heavy (non-hydrogen) atoms. The number of nitrogens with two attached hydrogens (primary N) is 1. The Morgan fingerprint density at radius 1 is 1.44 bits per heavy atom. The Hall–Kier alpha value is -1.81. The Morgan fingerprint density at radius 3 is 2.94 bits per heavy atom. The maximum atomic E-state index is 10.7. The van der Waals surface area contributed by atoms with Crippen LogP contribution in [0.5, 0.6) is 0 Å². The molecular formula is C12H14N2O2. The van der Waals surface area contributed by atoms with Crippen molar-refractivity contribution in [2.45, 2.75) is 12.3 Å². The van der Waals surface area contributed by atoms with Gasteiger partial charge in [-0.1, -0.05) is 12.1 Å². The van der Waals surface area contributed by atoms with Crippen molar-refractivity contribution in [3.8, 4) is 0 Å². The van der Waals surface area contributed by atoms with Gasteiger partial charge in [-0.05, 0) is 29.6 Å². The first-order chi connectivity index (χ1) is 7.70. The zero-order valence-electron chi connectivity index (χ0n) is 8.81. The van der Waals surface area contributed by atoms with Crippen molar-refractivity contribution in [1.82, 2.24) is 4.98 Å². The van der Waals surface area contributed by atoms with Crippen molar-refractivity contribution in [3.63, 3.8) is 0 Å². The highest BCUT2D eigenvalue weighted by atomic mass is 16.4. The molecule has 2 rings (SSSR count). The molecule has 0 aliphatic heterocycles. The van der Waals surface area contributed by atoms with Crippen LogP contribution in [-0.4, -0.2) is 22.6 Å². The molecule has 0 amide bonds. The van der Waals surface area contributed by atoms with Crippen molar-refractivity contribution in [3.05, 3.63) is 36.0 Å². The highest BCUT2D eigenvalue weighted by Crippen LogP contribution is 2.22. The predicted octanol–water partition coefficient (Wildman–Crippen LogP) is 1.68. The number of H-pyrrole nitrogens is 1. The maximum absolute atomic E-state index is 10.7. The first-order valence-electron chi connectivity index (χ1n) is 5.19. The van der Waals surface area contributed by atoms with Crippen molar-refractivity contribution in [2.75, 3.05) is 6.54 Å². The summed E-state index contributed by atoms with van der Waals surface area (Å²) in [5.74, 6) is -0.938. The van der Waals surface area contributed by atoms with Gasteiger partial charge in [-0.25, -0.2) is 0 Å². The fourth-order valence-corrected chi connectivity index (χ4v) is 1.87. The van der Waals surface area contributed by atoms with Gasteiger partial charge in [-0.15, -0.1) is 0 Å². The second-order valence-electron chi connectivity index (χ2n) is 3.85. The number of aromatic nitrogens is 1. The molecule has 1 atom stereocenters. The van der Waals surface area contributed by atoms with Crippen molar-refractivity contribution in [1.29, 1.82) is 0 Å². The Kier molecular flexibility index (Phi) is 2.92. The van der Waals surface area contributed by atoms with E-state index < -0.39 is 5.97 Å². The number of fused-ring (bicyclic) bond motifs is 1. The molecule has 1 heterocycles. The summed E-state index contributed by atoms with van der Waals surface area (Å²) in [6, 6.07) is 7.87. The summed E-state index contributed by atoms with van der Waals surface area (Å²) < 4.78 is 0. The van der Waals surface area contributed by atoms with E-state index in [1.807, 2.05) is 30.5 Å². The normalized spacial score (nSPS) is 12.8. The third-order valence-corrected chi connectivity index (χ3v) is 2.76. The molecule has 0 spiro atoms. The number of benzene rings is 1. The van der Waals surface area contributed by atoms with Gasteiger partial charge in [-0.3, -0.25) is 4.79 Å². The molecule has 0 radical (unpaired) electrons. The van der Waals surface area contributed by atoms with Crippen LogP contribution in [0.15, 0.2) is 30.5 Å². The third-order valence-electron chi connectivity index (χ3n) is 2.76. The average Bonchev–Trinajstić information content (AvgIpc) is 2.72. The Labute approximate surface area is 93.1 Å². The fraction of sp³-hybridized carbons (Fsp3) is 0.250. The zero-order valence-corrected chi connectivity index (χ0v) is 8.81. The molecule has 0 aliphatic rings. The van der Waals surface area contributed by atoms with Crippen molar-refractivity contribution < 1.29 is 9.90 Å². The summed E-state index contributed by atoms with van der Waals surface area (Å²) in [5, 5.41) is 9.91. The van der Waals surface area contributed by atoms with Crippen LogP contribution in [0.25, 0.3) is 10.9 Å². The summed E-state index contributed by atoms with van der Waals surface area (Å²) in [6.07, 6.45) is 1.94. The van der Waals surface area contributed by atoms with Gasteiger partial charge in [0.2, 0.25) is 0 Å². The molecule has 0 saturated carbocycles. The number of carboxylic acid groups (broad SMARTS) is 1. The minimum absolute atomic E-state index is 0.0721. The van der Waals surface area contributed by atoms with E-state index in [2.05, 4.69) is 4.98 Å². The number of carboxylic acids is 1. The summed E-state index contributed by atoms with van der Waals surface area (Å²) >= 11 is 0. The van der Waals surface area contributed by atoms with Crippen LogP contribution in [0, 0.1) is 0 Å². The summed E-state index contributed by atoms with van der Waals surface area (Å²) in [7, 11) is 0. The van der Waals surface area contributed by atoms with Gasteiger partial charge >= 0.3 is 5.97 Å². The average molecular weight is 218 g/mol. The van der Waals surface area contributed by atoms with Crippen LogP contribution in [0.2, 0.25) is 0 Å². The molecule has 84 valence electrons. The lowest BCUT2D eigenvalue weighted by Gasteiger charge is -2.12. The highest BCUT2D eigenvalue weighted by molar-refractivity contribution is 5.80. The minimum atomic E-state index is -0.818. The molecule has 1 aromatic heterocycles. The van der Waals surface area contributed by atoms with Crippen LogP contribution in [0.3, 0.4) is 0 Å². The summed E-state index contributed by atoms with van der Waals surface area (Å²) in [6.45, 7) is 0.346. The quantitative estimate of drug-likeness (QED) is 0.730. The Balaban J connectivity index is 2.32. The van der Waals surface area contributed by atoms with Gasteiger partial charge in [0.25, 0.3) is 0 Å². The van der Waals surface area contributed by atoms with E-state index in [0.717, 1.165) is 16.5 Å². The first kappa shape index (κ1) is 10.7. The molecule has 4 nitrogen and oxygen atoms in total. The predicted molar refractivity (Wildman–Crippen MR) is 62.3 cm³/mol. The molecule has 0 bridgehead atoms. The van der Waals surface area contributed by atoms with E-state index in [1.54, 1.807) is 0 Å². The number of rotatable bonds is 4. The highest BCUT2D eigenvalue weighted by Gasteiger charge is 2.14. The van der Waals surface area contributed by atoms with Crippen LogP contribution in [-0.2, 0) is 4.79 Å². The Bertz CT molecular complexity index is 504. The first-order valence-corrected chi connectivity index (χ1v) is 5.19. The lowest BCUT2D eigenvalue weighted by Crippen LogP contribution is -2.16. The van der Waals surface area contributed by atoms with E-state index in [9.17, 15) is 4.79 Å². The number of aliphatic carboxylic acids is 1. The van der Waals surface area contributed by atoms with Crippen molar-refractivity contribution >= 4 is 16.9 Å². The molecule has 0 saturated heterocycles. The number of hydrogen-bond donors (Lipinski definition) is 3. The molecule has 4 N–H and O–H groups in total. The standard InChI is InChI=1S/C12H14N2O2/c13-7-10(6-12(15)16)9-2-1-8-3-4-14-11(8)5-9/h1-5,10,14H,6-7,13H2,(H,15,16). The topological polar surface area (TPSA) is 79.1 Å². The SMILES string of the molecule is NCC(CC(=O)O)c1ccc2cc[nH]c2c1. The number of carbonyl (C=O) groups is 1. The van der Waals surface area contributed by atoms with E-state index in [1.165, 1.54) is 0 Å². The third kappa shape index (κ3) is 2.06. The lowest BCUT2D eigenvalue weighted by atomic mass is 9.95. The van der Waals surface area contributed by atoms with E-state index in [-0.39, 0.29) is 12.3 Å². The lowest BCUT2D eigenvalue weighted by molar-refractivity contribution is -0.137. The van der Waals surface area contributed by atoms with Gasteiger partial charge in [0, 0.05) is 17.6 Å². The van der Waals surface area contributed by atoms with Gasteiger partial charge in [0.05, 0.1) is 6.42 Å². The van der Waals surface area contributed by atoms with E-state index >= 15 is 0 Å². The van der Waals surface area contributed by atoms with Crippen molar-refractivity contribution in [2.24, 2.45) is 5.73 Å². The van der Waals surface area contributed by atoms with Crippen LogP contribution < -0.4 is 5.73 Å². The van der Waals surface area contributed by atoms with Crippen LogP contribution >= 0.6 is 0 Å². The smallest absolute Gasteiger partial charge is 0.304 e. The fourth-order valence-electron chi connectivity index (χ4n) is 1.87. The summed E-state index contributed by atoms with van der Waals surface area (Å²) in [5.41, 5.74) is 7.59.